The Bertz CT molecular complexity index is 1030. The summed E-state index contributed by atoms with van der Waals surface area (Å²) in [5.41, 5.74) is 5.69. The number of hydrogen-bond donors (Lipinski definition) is 3. The standard InChI is InChI=1S/C18H18N6/c1-2-4-13-15(5-3-1)23-18-16(13)17(19-10-20-18)22-12-6-7-14-11(8-12)9-21-24-14/h6-10H,1-5H2,(H,21,24)(H2,19,20,22,23). The summed E-state index contributed by atoms with van der Waals surface area (Å²) in [6.07, 6.45) is 9.42. The van der Waals surface area contributed by atoms with Gasteiger partial charge in [-0.25, -0.2) is 9.97 Å². The molecule has 0 spiro atoms. The number of aryl methyl sites for hydroxylation is 2. The minimum absolute atomic E-state index is 0.877. The first-order valence-electron chi connectivity index (χ1n) is 8.43. The number of benzene rings is 1. The average Bonchev–Trinajstić information content (AvgIpc) is 3.13. The normalized spacial score (nSPS) is 14.7. The first-order chi connectivity index (χ1) is 11.9. The predicted octanol–water partition coefficient (Wildman–Crippen LogP) is 3.85. The number of aromatic nitrogens is 5. The number of nitrogens with one attached hydrogen (secondary N) is 3. The van der Waals surface area contributed by atoms with Gasteiger partial charge in [-0.3, -0.25) is 5.10 Å². The van der Waals surface area contributed by atoms with Crippen LogP contribution >= 0.6 is 0 Å². The monoisotopic (exact) mass is 318 g/mol. The Kier molecular flexibility index (Phi) is 3.01. The van der Waals surface area contributed by atoms with Crippen molar-refractivity contribution >= 4 is 33.4 Å². The molecule has 3 aromatic heterocycles. The highest BCUT2D eigenvalue weighted by atomic mass is 15.1. The largest absolute Gasteiger partial charge is 0.343 e. The first-order valence-corrected chi connectivity index (χ1v) is 8.43. The van der Waals surface area contributed by atoms with Gasteiger partial charge >= 0.3 is 0 Å². The maximum absolute atomic E-state index is 4.52. The SMILES string of the molecule is c1nc(Nc2ccc3[nH]ncc3c2)c2c3c([nH]c2n1)CCCCC3. The lowest BCUT2D eigenvalue weighted by Crippen LogP contribution is -1.97. The maximum Gasteiger partial charge on any atom is 0.143 e. The van der Waals surface area contributed by atoms with Crippen molar-refractivity contribution in [2.24, 2.45) is 0 Å². The van der Waals surface area contributed by atoms with Crippen molar-refractivity contribution in [1.29, 1.82) is 0 Å². The molecule has 5 rings (SSSR count). The van der Waals surface area contributed by atoms with Gasteiger partial charge in [-0.1, -0.05) is 6.42 Å². The summed E-state index contributed by atoms with van der Waals surface area (Å²) in [6.45, 7) is 0. The van der Waals surface area contributed by atoms with E-state index in [4.69, 9.17) is 0 Å². The second-order valence-corrected chi connectivity index (χ2v) is 6.39. The second kappa shape index (κ2) is 5.33. The third-order valence-electron chi connectivity index (χ3n) is 4.84. The van der Waals surface area contributed by atoms with Gasteiger partial charge in [0.05, 0.1) is 17.1 Å². The van der Waals surface area contributed by atoms with E-state index in [0.29, 0.717) is 0 Å². The van der Waals surface area contributed by atoms with Crippen LogP contribution in [0.1, 0.15) is 30.5 Å². The molecule has 0 atom stereocenters. The van der Waals surface area contributed by atoms with E-state index in [2.05, 4.69) is 36.5 Å². The molecule has 6 heteroatoms. The van der Waals surface area contributed by atoms with E-state index in [1.165, 1.54) is 30.5 Å². The van der Waals surface area contributed by atoms with Crippen LogP contribution in [0.3, 0.4) is 0 Å². The Hall–Kier alpha value is -2.89. The molecular weight excluding hydrogens is 300 g/mol. The summed E-state index contributed by atoms with van der Waals surface area (Å²) in [4.78, 5) is 12.5. The quantitative estimate of drug-likeness (QED) is 0.490. The van der Waals surface area contributed by atoms with Gasteiger partial charge < -0.3 is 10.3 Å². The van der Waals surface area contributed by atoms with E-state index in [-0.39, 0.29) is 0 Å². The van der Waals surface area contributed by atoms with Crippen molar-refractivity contribution in [2.45, 2.75) is 32.1 Å². The number of nitrogens with zero attached hydrogens (tertiary/aromatic N) is 3. The van der Waals surface area contributed by atoms with E-state index in [0.717, 1.165) is 46.3 Å². The van der Waals surface area contributed by atoms with Crippen LogP contribution in [0.25, 0.3) is 21.9 Å². The molecule has 120 valence electrons. The molecule has 0 radical (unpaired) electrons. The fraction of sp³-hybridized carbons (Fsp3) is 0.278. The average molecular weight is 318 g/mol. The highest BCUT2D eigenvalue weighted by molar-refractivity contribution is 5.94. The summed E-state index contributed by atoms with van der Waals surface area (Å²) in [6, 6.07) is 6.15. The number of hydrogen-bond acceptors (Lipinski definition) is 4. The smallest absolute Gasteiger partial charge is 0.143 e. The van der Waals surface area contributed by atoms with Crippen LogP contribution in [0.15, 0.2) is 30.7 Å². The molecule has 0 saturated heterocycles. The third kappa shape index (κ3) is 2.14. The molecule has 3 heterocycles. The molecular formula is C18H18N6. The van der Waals surface area contributed by atoms with Gasteiger partial charge in [-0.2, -0.15) is 5.10 Å². The van der Waals surface area contributed by atoms with Crippen molar-refractivity contribution in [2.75, 3.05) is 5.32 Å². The van der Waals surface area contributed by atoms with Gasteiger partial charge in [-0.15, -0.1) is 0 Å². The highest BCUT2D eigenvalue weighted by Gasteiger charge is 2.18. The number of H-pyrrole nitrogens is 2. The van der Waals surface area contributed by atoms with Crippen LogP contribution in [0.4, 0.5) is 11.5 Å². The van der Waals surface area contributed by atoms with Gasteiger partial charge in [0, 0.05) is 16.8 Å². The lowest BCUT2D eigenvalue weighted by Gasteiger charge is -2.08. The van der Waals surface area contributed by atoms with E-state index < -0.39 is 0 Å². The van der Waals surface area contributed by atoms with Crippen molar-refractivity contribution in [1.82, 2.24) is 25.1 Å². The summed E-state index contributed by atoms with van der Waals surface area (Å²) in [5, 5.41) is 12.7. The summed E-state index contributed by atoms with van der Waals surface area (Å²) in [7, 11) is 0. The zero-order valence-corrected chi connectivity index (χ0v) is 13.3. The van der Waals surface area contributed by atoms with Gasteiger partial charge in [-0.05, 0) is 49.4 Å². The van der Waals surface area contributed by atoms with Gasteiger partial charge in [0.15, 0.2) is 0 Å². The van der Waals surface area contributed by atoms with E-state index >= 15 is 0 Å². The first kappa shape index (κ1) is 13.5. The number of rotatable bonds is 2. The molecule has 4 aromatic rings. The van der Waals surface area contributed by atoms with Crippen LogP contribution in [0.5, 0.6) is 0 Å². The summed E-state index contributed by atoms with van der Waals surface area (Å²) < 4.78 is 0. The molecule has 0 aliphatic heterocycles. The van der Waals surface area contributed by atoms with Crippen molar-refractivity contribution < 1.29 is 0 Å². The molecule has 1 aliphatic rings. The zero-order valence-electron chi connectivity index (χ0n) is 13.3. The lowest BCUT2D eigenvalue weighted by atomic mass is 10.1. The molecule has 3 N–H and O–H groups in total. The van der Waals surface area contributed by atoms with Crippen LogP contribution in [-0.2, 0) is 12.8 Å². The van der Waals surface area contributed by atoms with E-state index in [1.54, 1.807) is 6.33 Å². The van der Waals surface area contributed by atoms with Crippen LogP contribution in [0.2, 0.25) is 0 Å². The fourth-order valence-corrected chi connectivity index (χ4v) is 3.66. The lowest BCUT2D eigenvalue weighted by molar-refractivity contribution is 0.708. The summed E-state index contributed by atoms with van der Waals surface area (Å²) in [5.74, 6) is 0.877. The van der Waals surface area contributed by atoms with E-state index in [1.807, 2.05) is 18.3 Å². The molecule has 0 fully saturated rings. The van der Waals surface area contributed by atoms with E-state index in [9.17, 15) is 0 Å². The molecule has 0 unspecified atom stereocenters. The van der Waals surface area contributed by atoms with Gasteiger partial charge in [0.2, 0.25) is 0 Å². The number of fused-ring (bicyclic) bond motifs is 4. The highest BCUT2D eigenvalue weighted by Crippen LogP contribution is 2.32. The third-order valence-corrected chi connectivity index (χ3v) is 4.84. The van der Waals surface area contributed by atoms with Crippen molar-refractivity contribution in [3.8, 4) is 0 Å². The van der Waals surface area contributed by atoms with Crippen LogP contribution < -0.4 is 5.32 Å². The Morgan fingerprint density at radius 1 is 1.04 bits per heavy atom. The minimum atomic E-state index is 0.877. The van der Waals surface area contributed by atoms with Crippen molar-refractivity contribution in [3.05, 3.63) is 42.0 Å². The van der Waals surface area contributed by atoms with Gasteiger partial charge in [0.1, 0.15) is 17.8 Å². The molecule has 1 aliphatic carbocycles. The van der Waals surface area contributed by atoms with Crippen LogP contribution in [-0.4, -0.2) is 25.1 Å². The zero-order chi connectivity index (χ0) is 15.9. The topological polar surface area (TPSA) is 82.3 Å². The molecule has 0 amide bonds. The maximum atomic E-state index is 4.52. The molecule has 24 heavy (non-hydrogen) atoms. The Labute approximate surface area is 138 Å². The predicted molar refractivity (Wildman–Crippen MR) is 94.5 cm³/mol. The molecule has 1 aromatic carbocycles. The Balaban J connectivity index is 1.61. The van der Waals surface area contributed by atoms with Crippen molar-refractivity contribution in [3.63, 3.8) is 0 Å². The Morgan fingerprint density at radius 3 is 3.00 bits per heavy atom. The minimum Gasteiger partial charge on any atom is -0.343 e. The molecule has 0 bridgehead atoms. The molecule has 0 saturated carbocycles. The number of anilines is 2. The number of aromatic amines is 2. The van der Waals surface area contributed by atoms with Crippen LogP contribution in [0, 0.1) is 0 Å². The molecule has 6 nitrogen and oxygen atoms in total. The summed E-state index contributed by atoms with van der Waals surface area (Å²) >= 11 is 0. The fourth-order valence-electron chi connectivity index (χ4n) is 3.66. The van der Waals surface area contributed by atoms with Gasteiger partial charge in [0.25, 0.3) is 0 Å². The second-order valence-electron chi connectivity index (χ2n) is 6.39. The Morgan fingerprint density at radius 2 is 2.00 bits per heavy atom.